The summed E-state index contributed by atoms with van der Waals surface area (Å²) in [6.07, 6.45) is -4.68. The minimum atomic E-state index is -4.68. The van der Waals surface area contributed by atoms with E-state index in [4.69, 9.17) is 11.6 Å². The van der Waals surface area contributed by atoms with E-state index in [0.717, 1.165) is 12.1 Å². The Kier molecular flexibility index (Phi) is 4.47. The van der Waals surface area contributed by atoms with Crippen LogP contribution in [0.15, 0.2) is 18.2 Å². The second-order valence-corrected chi connectivity index (χ2v) is 4.85. The van der Waals surface area contributed by atoms with E-state index < -0.39 is 29.1 Å². The molecule has 0 aliphatic rings. The third-order valence-corrected chi connectivity index (χ3v) is 2.78. The number of carbonyl (C=O) groups excluding carboxylic acids is 2. The summed E-state index contributed by atoms with van der Waals surface area (Å²) in [5, 5.41) is 2.26. The first-order valence-electron chi connectivity index (χ1n) is 5.79. The van der Waals surface area contributed by atoms with Crippen LogP contribution in [0.5, 0.6) is 0 Å². The lowest BCUT2D eigenvalue weighted by Gasteiger charge is -2.22. The molecule has 0 spiro atoms. The maximum atomic E-state index is 12.8. The van der Waals surface area contributed by atoms with Crippen molar-refractivity contribution in [2.45, 2.75) is 25.6 Å². The number of hydrogen-bond acceptors (Lipinski definition) is 4. The van der Waals surface area contributed by atoms with Crippen LogP contribution >= 0.6 is 0 Å². The van der Waals surface area contributed by atoms with E-state index in [2.05, 4.69) is 5.32 Å². The molecule has 0 unspecified atom stereocenters. The van der Waals surface area contributed by atoms with Crippen LogP contribution in [0.2, 0.25) is 0 Å². The van der Waals surface area contributed by atoms with E-state index in [-0.39, 0.29) is 11.3 Å². The maximum absolute atomic E-state index is 12.8. The molecular weight excluding hydrogens is 289 g/mol. The Balaban J connectivity index is 3.16. The molecule has 0 radical (unpaired) electrons. The van der Waals surface area contributed by atoms with Gasteiger partial charge in [-0.1, -0.05) is 0 Å². The Bertz CT molecular complexity index is 570. The Labute approximate surface area is 118 Å². The van der Waals surface area contributed by atoms with E-state index >= 15 is 0 Å². The van der Waals surface area contributed by atoms with Gasteiger partial charge in [-0.3, -0.25) is 15.4 Å². The van der Waals surface area contributed by atoms with E-state index in [0.29, 0.717) is 6.07 Å². The molecule has 1 aromatic carbocycles. The van der Waals surface area contributed by atoms with Gasteiger partial charge in [0.05, 0.1) is 11.3 Å². The molecule has 2 amide bonds. The van der Waals surface area contributed by atoms with Gasteiger partial charge in [0.2, 0.25) is 5.91 Å². The smallest absolute Gasteiger partial charge is 0.368 e. The molecule has 1 rings (SSSR count). The number of nitrogens with two attached hydrogens (primary N) is 2. The Morgan fingerprint density at radius 2 is 1.76 bits per heavy atom. The summed E-state index contributed by atoms with van der Waals surface area (Å²) in [5.74, 6) is 3.34. The number of benzene rings is 1. The first-order chi connectivity index (χ1) is 9.49. The summed E-state index contributed by atoms with van der Waals surface area (Å²) < 4.78 is 38.5. The van der Waals surface area contributed by atoms with Crippen LogP contribution in [0.3, 0.4) is 0 Å². The van der Waals surface area contributed by atoms with E-state index in [1.165, 1.54) is 13.8 Å². The average Bonchev–Trinajstić information content (AvgIpc) is 2.36. The SMILES string of the molecule is CC(C)(NC(=O)c1ccc(NN)c(C(F)(F)F)c1)C(N)=O. The van der Waals surface area contributed by atoms with Crippen molar-refractivity contribution in [1.82, 2.24) is 5.32 Å². The summed E-state index contributed by atoms with van der Waals surface area (Å²) in [5.41, 5.74) is 3.88. The number of hydrogen-bond donors (Lipinski definition) is 4. The number of hydrazine groups is 1. The highest BCUT2D eigenvalue weighted by Crippen LogP contribution is 2.35. The summed E-state index contributed by atoms with van der Waals surface area (Å²) in [7, 11) is 0. The quantitative estimate of drug-likeness (QED) is 0.491. The van der Waals surface area contributed by atoms with Gasteiger partial charge in [0.15, 0.2) is 0 Å². The number of primary amides is 1. The summed E-state index contributed by atoms with van der Waals surface area (Å²) in [6, 6.07) is 2.81. The van der Waals surface area contributed by atoms with Gasteiger partial charge < -0.3 is 16.5 Å². The summed E-state index contributed by atoms with van der Waals surface area (Å²) in [6.45, 7) is 2.68. The molecule has 0 heterocycles. The first kappa shape index (κ1) is 16.8. The molecule has 0 aromatic heterocycles. The molecule has 0 saturated carbocycles. The highest BCUT2D eigenvalue weighted by Gasteiger charge is 2.35. The van der Waals surface area contributed by atoms with Crippen molar-refractivity contribution < 1.29 is 22.8 Å². The molecule has 9 heteroatoms. The normalized spacial score (nSPS) is 11.9. The second-order valence-electron chi connectivity index (χ2n) is 4.85. The van der Waals surface area contributed by atoms with Crippen LogP contribution < -0.4 is 22.3 Å². The number of nitrogen functional groups attached to an aromatic ring is 1. The molecule has 0 bridgehead atoms. The van der Waals surface area contributed by atoms with Gasteiger partial charge in [-0.05, 0) is 32.0 Å². The molecular formula is C12H15F3N4O2. The number of amides is 2. The molecule has 0 saturated heterocycles. The van der Waals surface area contributed by atoms with Gasteiger partial charge in [0.1, 0.15) is 5.54 Å². The van der Waals surface area contributed by atoms with E-state index in [1.54, 1.807) is 0 Å². The monoisotopic (exact) mass is 304 g/mol. The molecule has 21 heavy (non-hydrogen) atoms. The van der Waals surface area contributed by atoms with Crippen LogP contribution in [0.4, 0.5) is 18.9 Å². The zero-order valence-corrected chi connectivity index (χ0v) is 11.3. The maximum Gasteiger partial charge on any atom is 0.418 e. The highest BCUT2D eigenvalue weighted by atomic mass is 19.4. The Morgan fingerprint density at radius 1 is 1.19 bits per heavy atom. The summed E-state index contributed by atoms with van der Waals surface area (Å²) in [4.78, 5) is 23.0. The van der Waals surface area contributed by atoms with Gasteiger partial charge >= 0.3 is 6.18 Å². The van der Waals surface area contributed by atoms with Crippen LogP contribution in [0.1, 0.15) is 29.8 Å². The standard InChI is InChI=1S/C12H15F3N4O2/c1-11(2,10(16)21)18-9(20)6-3-4-8(19-17)7(5-6)12(13,14)15/h3-5,19H,17H2,1-2H3,(H2,16,21)(H,18,20). The zero-order valence-electron chi connectivity index (χ0n) is 11.3. The van der Waals surface area contributed by atoms with Crippen molar-refractivity contribution in [3.63, 3.8) is 0 Å². The molecule has 0 aliphatic heterocycles. The fourth-order valence-electron chi connectivity index (χ4n) is 1.46. The minimum Gasteiger partial charge on any atom is -0.368 e. The van der Waals surface area contributed by atoms with Gasteiger partial charge in [0, 0.05) is 5.56 Å². The third kappa shape index (κ3) is 3.85. The Hall–Kier alpha value is -2.29. The number of alkyl halides is 3. The van der Waals surface area contributed by atoms with Gasteiger partial charge in [-0.15, -0.1) is 0 Å². The van der Waals surface area contributed by atoms with Crippen molar-refractivity contribution in [3.05, 3.63) is 29.3 Å². The molecule has 0 fully saturated rings. The Morgan fingerprint density at radius 3 is 2.19 bits per heavy atom. The molecule has 1 aromatic rings. The minimum absolute atomic E-state index is 0.268. The number of anilines is 1. The molecule has 116 valence electrons. The van der Waals surface area contributed by atoms with E-state index in [9.17, 15) is 22.8 Å². The van der Waals surface area contributed by atoms with Crippen LogP contribution in [-0.2, 0) is 11.0 Å². The highest BCUT2D eigenvalue weighted by molar-refractivity contribution is 5.99. The van der Waals surface area contributed by atoms with Crippen molar-refractivity contribution in [1.29, 1.82) is 0 Å². The summed E-state index contributed by atoms with van der Waals surface area (Å²) >= 11 is 0. The van der Waals surface area contributed by atoms with Gasteiger partial charge in [-0.2, -0.15) is 13.2 Å². The van der Waals surface area contributed by atoms with Crippen molar-refractivity contribution in [2.75, 3.05) is 5.43 Å². The van der Waals surface area contributed by atoms with Gasteiger partial charge in [0.25, 0.3) is 5.91 Å². The molecule has 6 N–H and O–H groups in total. The number of rotatable bonds is 4. The largest absolute Gasteiger partial charge is 0.418 e. The molecule has 0 aliphatic carbocycles. The lowest BCUT2D eigenvalue weighted by molar-refractivity contribution is -0.137. The zero-order chi connectivity index (χ0) is 16.4. The van der Waals surface area contributed by atoms with Crippen molar-refractivity contribution >= 4 is 17.5 Å². The predicted molar refractivity (Wildman–Crippen MR) is 70.0 cm³/mol. The lowest BCUT2D eigenvalue weighted by Crippen LogP contribution is -2.53. The molecule has 0 atom stereocenters. The van der Waals surface area contributed by atoms with Crippen molar-refractivity contribution in [2.24, 2.45) is 11.6 Å². The number of nitrogens with one attached hydrogen (secondary N) is 2. The second kappa shape index (κ2) is 5.60. The van der Waals surface area contributed by atoms with Crippen LogP contribution in [0.25, 0.3) is 0 Å². The molecule has 6 nitrogen and oxygen atoms in total. The fourth-order valence-corrected chi connectivity index (χ4v) is 1.46. The average molecular weight is 304 g/mol. The van der Waals surface area contributed by atoms with Crippen LogP contribution in [0, 0.1) is 0 Å². The van der Waals surface area contributed by atoms with Crippen LogP contribution in [-0.4, -0.2) is 17.4 Å². The topological polar surface area (TPSA) is 110 Å². The fraction of sp³-hybridized carbons (Fsp3) is 0.333. The number of halogens is 3. The lowest BCUT2D eigenvalue weighted by atomic mass is 10.0. The van der Waals surface area contributed by atoms with Crippen molar-refractivity contribution in [3.8, 4) is 0 Å². The predicted octanol–water partition coefficient (Wildman–Crippen LogP) is 0.985. The number of carbonyl (C=O) groups is 2. The van der Waals surface area contributed by atoms with E-state index in [1.807, 2.05) is 5.43 Å². The first-order valence-corrected chi connectivity index (χ1v) is 5.79. The third-order valence-electron chi connectivity index (χ3n) is 2.78. The van der Waals surface area contributed by atoms with Gasteiger partial charge in [-0.25, -0.2) is 0 Å².